The third-order valence-corrected chi connectivity index (χ3v) is 6.72. The second kappa shape index (κ2) is 6.63. The van der Waals surface area contributed by atoms with Gasteiger partial charge in [-0.2, -0.15) is 17.6 Å². The van der Waals surface area contributed by atoms with Crippen LogP contribution >= 0.6 is 23.4 Å². The third kappa shape index (κ3) is 3.22. The lowest BCUT2D eigenvalue weighted by Crippen LogP contribution is -2.16. The first-order valence-corrected chi connectivity index (χ1v) is 9.83. The van der Waals surface area contributed by atoms with E-state index in [9.17, 15) is 8.42 Å². The molecule has 0 aliphatic heterocycles. The van der Waals surface area contributed by atoms with Crippen molar-refractivity contribution in [3.05, 3.63) is 71.0 Å². The molecule has 0 spiro atoms. The SMILES string of the molecule is Cc1nn(S(=O)(=O)c2ccc(Cl)cc2)c(C)c1Sc1ccccc1. The van der Waals surface area contributed by atoms with Crippen molar-refractivity contribution >= 4 is 33.4 Å². The van der Waals surface area contributed by atoms with Crippen LogP contribution in [0.5, 0.6) is 0 Å². The number of hydrogen-bond acceptors (Lipinski definition) is 4. The average molecular weight is 379 g/mol. The molecule has 0 fully saturated rings. The van der Waals surface area contributed by atoms with Crippen molar-refractivity contribution in [3.63, 3.8) is 0 Å². The third-order valence-electron chi connectivity index (χ3n) is 3.49. The molecule has 2 aromatic carbocycles. The summed E-state index contributed by atoms with van der Waals surface area (Å²) in [6.07, 6.45) is 0. The predicted molar refractivity (Wildman–Crippen MR) is 96.3 cm³/mol. The van der Waals surface area contributed by atoms with Crippen molar-refractivity contribution in [1.82, 2.24) is 9.19 Å². The van der Waals surface area contributed by atoms with Crippen LogP contribution in [0, 0.1) is 13.8 Å². The minimum absolute atomic E-state index is 0.161. The normalized spacial score (nSPS) is 11.6. The number of nitrogens with zero attached hydrogens (tertiary/aromatic N) is 2. The first-order valence-electron chi connectivity index (χ1n) is 7.20. The van der Waals surface area contributed by atoms with Crippen LogP contribution in [0.2, 0.25) is 5.02 Å². The van der Waals surface area contributed by atoms with Crippen molar-refractivity contribution in [2.75, 3.05) is 0 Å². The molecule has 3 rings (SSSR count). The molecule has 0 saturated heterocycles. The van der Waals surface area contributed by atoms with E-state index in [2.05, 4.69) is 5.10 Å². The van der Waals surface area contributed by atoms with Crippen molar-refractivity contribution in [1.29, 1.82) is 0 Å². The lowest BCUT2D eigenvalue weighted by atomic mass is 10.4. The quantitative estimate of drug-likeness (QED) is 0.668. The van der Waals surface area contributed by atoms with Gasteiger partial charge in [0.1, 0.15) is 0 Å². The Bertz CT molecular complexity index is 966. The maximum absolute atomic E-state index is 12.8. The van der Waals surface area contributed by atoms with Gasteiger partial charge in [-0.05, 0) is 50.2 Å². The summed E-state index contributed by atoms with van der Waals surface area (Å²) in [5.74, 6) is 0. The summed E-state index contributed by atoms with van der Waals surface area (Å²) >= 11 is 7.34. The van der Waals surface area contributed by atoms with Crippen LogP contribution in [0.25, 0.3) is 0 Å². The summed E-state index contributed by atoms with van der Waals surface area (Å²) in [4.78, 5) is 2.04. The van der Waals surface area contributed by atoms with Crippen LogP contribution in [-0.4, -0.2) is 17.6 Å². The molecule has 1 heterocycles. The molecular weight excluding hydrogens is 364 g/mol. The molecular formula is C17H15ClN2O2S2. The zero-order valence-corrected chi connectivity index (χ0v) is 15.5. The molecule has 4 nitrogen and oxygen atoms in total. The largest absolute Gasteiger partial charge is 0.283 e. The molecule has 124 valence electrons. The van der Waals surface area contributed by atoms with E-state index >= 15 is 0 Å². The van der Waals surface area contributed by atoms with Gasteiger partial charge in [-0.25, -0.2) is 0 Å². The minimum atomic E-state index is -3.75. The number of benzene rings is 2. The van der Waals surface area contributed by atoms with Crippen molar-refractivity contribution < 1.29 is 8.42 Å². The molecule has 24 heavy (non-hydrogen) atoms. The number of hydrogen-bond donors (Lipinski definition) is 0. The smallest absolute Gasteiger partial charge is 0.199 e. The van der Waals surface area contributed by atoms with Gasteiger partial charge in [0.25, 0.3) is 10.0 Å². The van der Waals surface area contributed by atoms with Gasteiger partial charge in [-0.3, -0.25) is 0 Å². The molecule has 0 amide bonds. The minimum Gasteiger partial charge on any atom is -0.199 e. The van der Waals surface area contributed by atoms with E-state index in [4.69, 9.17) is 11.6 Å². The van der Waals surface area contributed by atoms with Gasteiger partial charge in [0.05, 0.1) is 21.2 Å². The van der Waals surface area contributed by atoms with Crippen molar-refractivity contribution in [2.24, 2.45) is 0 Å². The summed E-state index contributed by atoms with van der Waals surface area (Å²) in [6, 6.07) is 15.9. The molecule has 0 atom stereocenters. The highest BCUT2D eigenvalue weighted by Gasteiger charge is 2.24. The Kier molecular flexibility index (Phi) is 4.71. The van der Waals surface area contributed by atoms with Gasteiger partial charge in [0.15, 0.2) is 0 Å². The fraction of sp³-hybridized carbons (Fsp3) is 0.118. The van der Waals surface area contributed by atoms with E-state index in [1.54, 1.807) is 19.1 Å². The maximum Gasteiger partial charge on any atom is 0.283 e. The molecule has 3 aromatic rings. The van der Waals surface area contributed by atoms with Crippen LogP contribution in [0.1, 0.15) is 11.4 Å². The van der Waals surface area contributed by atoms with E-state index < -0.39 is 10.0 Å². The highest BCUT2D eigenvalue weighted by Crippen LogP contribution is 2.33. The van der Waals surface area contributed by atoms with E-state index in [1.807, 2.05) is 37.3 Å². The molecule has 0 aliphatic carbocycles. The second-order valence-corrected chi connectivity index (χ2v) is 8.50. The Morgan fingerprint density at radius 2 is 1.62 bits per heavy atom. The lowest BCUT2D eigenvalue weighted by molar-refractivity contribution is 0.577. The van der Waals surface area contributed by atoms with Crippen LogP contribution in [0.3, 0.4) is 0 Å². The van der Waals surface area contributed by atoms with Crippen molar-refractivity contribution in [3.8, 4) is 0 Å². The van der Waals surface area contributed by atoms with Crippen LogP contribution in [0.4, 0.5) is 0 Å². The summed E-state index contributed by atoms with van der Waals surface area (Å²) in [5.41, 5.74) is 1.27. The number of rotatable bonds is 4. The molecule has 0 saturated carbocycles. The fourth-order valence-corrected chi connectivity index (χ4v) is 4.80. The van der Waals surface area contributed by atoms with Gasteiger partial charge in [0.2, 0.25) is 0 Å². The molecule has 0 N–H and O–H groups in total. The Morgan fingerprint density at radius 1 is 1.00 bits per heavy atom. The van der Waals surface area contributed by atoms with E-state index in [1.165, 1.54) is 23.9 Å². The number of halogens is 1. The Hall–Kier alpha value is -1.76. The Labute approximate surface area is 150 Å². The summed E-state index contributed by atoms with van der Waals surface area (Å²) < 4.78 is 26.8. The standard InChI is InChI=1S/C17H15ClN2O2S2/c1-12-17(23-15-6-4-3-5-7-15)13(2)20(19-12)24(21,22)16-10-8-14(18)9-11-16/h3-11H,1-2H3. The second-order valence-electron chi connectivity index (χ2n) is 5.22. The Morgan fingerprint density at radius 3 is 2.25 bits per heavy atom. The molecule has 0 aliphatic rings. The molecule has 0 radical (unpaired) electrons. The number of aryl methyl sites for hydroxylation is 1. The molecule has 1 aromatic heterocycles. The van der Waals surface area contributed by atoms with E-state index in [-0.39, 0.29) is 4.90 Å². The monoisotopic (exact) mass is 378 g/mol. The van der Waals surface area contributed by atoms with Gasteiger partial charge in [-0.1, -0.05) is 41.6 Å². The van der Waals surface area contributed by atoms with E-state index in [0.717, 1.165) is 13.9 Å². The maximum atomic E-state index is 12.8. The van der Waals surface area contributed by atoms with Crippen LogP contribution in [-0.2, 0) is 10.0 Å². The highest BCUT2D eigenvalue weighted by molar-refractivity contribution is 7.99. The lowest BCUT2D eigenvalue weighted by Gasteiger charge is -2.07. The topological polar surface area (TPSA) is 52.0 Å². The average Bonchev–Trinajstić information content (AvgIpc) is 2.85. The first-order chi connectivity index (χ1) is 11.4. The predicted octanol–water partition coefficient (Wildman–Crippen LogP) is 4.54. The zero-order valence-electron chi connectivity index (χ0n) is 13.1. The van der Waals surface area contributed by atoms with Gasteiger partial charge in [0, 0.05) is 9.92 Å². The fourth-order valence-electron chi connectivity index (χ4n) is 2.30. The molecule has 0 bridgehead atoms. The zero-order chi connectivity index (χ0) is 17.3. The Balaban J connectivity index is 2.04. The van der Waals surface area contributed by atoms with E-state index in [0.29, 0.717) is 16.4 Å². The first kappa shape index (κ1) is 17.1. The van der Waals surface area contributed by atoms with Crippen molar-refractivity contribution in [2.45, 2.75) is 28.5 Å². The van der Waals surface area contributed by atoms with Gasteiger partial charge in [-0.15, -0.1) is 0 Å². The van der Waals surface area contributed by atoms with Gasteiger partial charge < -0.3 is 0 Å². The van der Waals surface area contributed by atoms with Gasteiger partial charge >= 0.3 is 0 Å². The molecule has 7 heteroatoms. The molecule has 0 unspecified atom stereocenters. The number of aromatic nitrogens is 2. The summed E-state index contributed by atoms with van der Waals surface area (Å²) in [5, 5.41) is 4.74. The summed E-state index contributed by atoms with van der Waals surface area (Å²) in [6.45, 7) is 3.57. The summed E-state index contributed by atoms with van der Waals surface area (Å²) in [7, 11) is -3.75. The van der Waals surface area contributed by atoms with Crippen LogP contribution < -0.4 is 0 Å². The van der Waals surface area contributed by atoms with Crippen LogP contribution in [0.15, 0.2) is 69.3 Å². The highest BCUT2D eigenvalue weighted by atomic mass is 35.5.